The SMILES string of the molecule is CCCNc1cc(NC(C)(CC)CC)nc(COC)n1. The molecule has 1 rings (SSSR count). The number of anilines is 2. The number of methoxy groups -OCH3 is 1. The summed E-state index contributed by atoms with van der Waals surface area (Å²) in [4.78, 5) is 8.98. The van der Waals surface area contributed by atoms with Crippen molar-refractivity contribution >= 4 is 11.6 Å². The molecule has 0 aliphatic heterocycles. The van der Waals surface area contributed by atoms with Crippen LogP contribution >= 0.6 is 0 Å². The Morgan fingerprint density at radius 1 is 1.15 bits per heavy atom. The Hall–Kier alpha value is -1.36. The number of hydrogen-bond acceptors (Lipinski definition) is 5. The minimum absolute atomic E-state index is 0.0563. The Bertz CT molecular complexity index is 405. The highest BCUT2D eigenvalue weighted by molar-refractivity contribution is 5.48. The molecule has 0 radical (unpaired) electrons. The Kier molecular flexibility index (Phi) is 6.71. The fraction of sp³-hybridized carbons (Fsp3) is 0.733. The largest absolute Gasteiger partial charge is 0.377 e. The zero-order valence-electron chi connectivity index (χ0n) is 13.4. The molecule has 0 spiro atoms. The van der Waals surface area contributed by atoms with E-state index < -0.39 is 0 Å². The summed E-state index contributed by atoms with van der Waals surface area (Å²) in [5.74, 6) is 2.41. The van der Waals surface area contributed by atoms with E-state index >= 15 is 0 Å². The van der Waals surface area contributed by atoms with Crippen molar-refractivity contribution in [1.29, 1.82) is 0 Å². The van der Waals surface area contributed by atoms with E-state index in [1.807, 2.05) is 6.07 Å². The Labute approximate surface area is 122 Å². The van der Waals surface area contributed by atoms with Crippen molar-refractivity contribution in [2.45, 2.75) is 59.1 Å². The van der Waals surface area contributed by atoms with Gasteiger partial charge in [0.1, 0.15) is 18.2 Å². The molecule has 1 heterocycles. The first-order valence-corrected chi connectivity index (χ1v) is 7.45. The van der Waals surface area contributed by atoms with Crippen molar-refractivity contribution in [3.8, 4) is 0 Å². The summed E-state index contributed by atoms with van der Waals surface area (Å²) < 4.78 is 5.14. The first kappa shape index (κ1) is 16.7. The molecule has 1 aromatic heterocycles. The lowest BCUT2D eigenvalue weighted by atomic mass is 9.96. The third-order valence-corrected chi connectivity index (χ3v) is 3.59. The molecular weight excluding hydrogens is 252 g/mol. The lowest BCUT2D eigenvalue weighted by Gasteiger charge is -2.29. The summed E-state index contributed by atoms with van der Waals surface area (Å²) in [5, 5.41) is 6.83. The molecular formula is C15H28N4O. The van der Waals surface area contributed by atoms with E-state index in [1.54, 1.807) is 7.11 Å². The molecule has 0 aromatic carbocycles. The van der Waals surface area contributed by atoms with Crippen LogP contribution in [0.3, 0.4) is 0 Å². The zero-order valence-corrected chi connectivity index (χ0v) is 13.4. The second-order valence-electron chi connectivity index (χ2n) is 5.31. The number of hydrogen-bond donors (Lipinski definition) is 2. The van der Waals surface area contributed by atoms with Crippen LogP contribution in [-0.4, -0.2) is 29.2 Å². The minimum Gasteiger partial charge on any atom is -0.377 e. The van der Waals surface area contributed by atoms with Crippen molar-refractivity contribution < 1.29 is 4.74 Å². The van der Waals surface area contributed by atoms with Crippen LogP contribution in [0.25, 0.3) is 0 Å². The highest BCUT2D eigenvalue weighted by Gasteiger charge is 2.20. The highest BCUT2D eigenvalue weighted by Crippen LogP contribution is 2.22. The molecule has 0 fully saturated rings. The number of rotatable bonds is 9. The van der Waals surface area contributed by atoms with Crippen molar-refractivity contribution in [1.82, 2.24) is 9.97 Å². The zero-order chi connectivity index (χ0) is 15.0. The average molecular weight is 280 g/mol. The van der Waals surface area contributed by atoms with Gasteiger partial charge in [-0.15, -0.1) is 0 Å². The van der Waals surface area contributed by atoms with Crippen molar-refractivity contribution in [3.05, 3.63) is 11.9 Å². The van der Waals surface area contributed by atoms with Gasteiger partial charge in [-0.1, -0.05) is 20.8 Å². The maximum absolute atomic E-state index is 5.14. The van der Waals surface area contributed by atoms with Gasteiger partial charge in [0.2, 0.25) is 0 Å². The van der Waals surface area contributed by atoms with E-state index in [1.165, 1.54) is 0 Å². The lowest BCUT2D eigenvalue weighted by Crippen LogP contribution is -2.33. The lowest BCUT2D eigenvalue weighted by molar-refractivity contribution is 0.178. The molecule has 20 heavy (non-hydrogen) atoms. The van der Waals surface area contributed by atoms with Gasteiger partial charge in [0, 0.05) is 25.3 Å². The topological polar surface area (TPSA) is 59.1 Å². The molecule has 0 atom stereocenters. The third-order valence-electron chi connectivity index (χ3n) is 3.59. The summed E-state index contributed by atoms with van der Waals surface area (Å²) in [7, 11) is 1.66. The van der Waals surface area contributed by atoms with Crippen LogP contribution in [0.2, 0.25) is 0 Å². The van der Waals surface area contributed by atoms with E-state index in [0.29, 0.717) is 12.4 Å². The van der Waals surface area contributed by atoms with Crippen LogP contribution in [0, 0.1) is 0 Å². The van der Waals surface area contributed by atoms with Crippen LogP contribution in [-0.2, 0) is 11.3 Å². The quantitative estimate of drug-likeness (QED) is 0.725. The predicted molar refractivity (Wildman–Crippen MR) is 84.1 cm³/mol. The van der Waals surface area contributed by atoms with E-state index in [9.17, 15) is 0 Å². The number of nitrogens with zero attached hydrogens (tertiary/aromatic N) is 2. The average Bonchev–Trinajstić information content (AvgIpc) is 2.45. The van der Waals surface area contributed by atoms with Crippen LogP contribution in [0.4, 0.5) is 11.6 Å². The Balaban J connectivity index is 2.95. The molecule has 5 nitrogen and oxygen atoms in total. The molecule has 2 N–H and O–H groups in total. The number of ether oxygens (including phenoxy) is 1. The molecule has 0 amide bonds. The van der Waals surface area contributed by atoms with Gasteiger partial charge in [-0.05, 0) is 26.2 Å². The van der Waals surface area contributed by atoms with Crippen molar-refractivity contribution in [2.75, 3.05) is 24.3 Å². The summed E-state index contributed by atoms with van der Waals surface area (Å²) in [6.45, 7) is 10.0. The molecule has 0 bridgehead atoms. The summed E-state index contributed by atoms with van der Waals surface area (Å²) in [6, 6.07) is 1.97. The van der Waals surface area contributed by atoms with Gasteiger partial charge in [0.05, 0.1) is 0 Å². The summed E-state index contributed by atoms with van der Waals surface area (Å²) >= 11 is 0. The van der Waals surface area contributed by atoms with Gasteiger partial charge in [-0.2, -0.15) is 0 Å². The number of nitrogens with one attached hydrogen (secondary N) is 2. The summed E-state index contributed by atoms with van der Waals surface area (Å²) in [5.41, 5.74) is 0.0563. The first-order valence-electron chi connectivity index (χ1n) is 7.45. The molecule has 0 aliphatic carbocycles. The molecule has 0 saturated carbocycles. The standard InChI is InChI=1S/C15H28N4O/c1-6-9-16-12-10-13(18-14(17-12)11-20-5)19-15(4,7-2)8-3/h10H,6-9,11H2,1-5H3,(H2,16,17,18,19). The van der Waals surface area contributed by atoms with Gasteiger partial charge < -0.3 is 15.4 Å². The van der Waals surface area contributed by atoms with Crippen LogP contribution < -0.4 is 10.6 Å². The molecule has 0 saturated heterocycles. The van der Waals surface area contributed by atoms with Gasteiger partial charge in [-0.25, -0.2) is 9.97 Å². The number of aromatic nitrogens is 2. The fourth-order valence-electron chi connectivity index (χ4n) is 1.83. The minimum atomic E-state index is 0.0563. The smallest absolute Gasteiger partial charge is 0.158 e. The van der Waals surface area contributed by atoms with Gasteiger partial charge >= 0.3 is 0 Å². The van der Waals surface area contributed by atoms with Gasteiger partial charge in [0.15, 0.2) is 5.82 Å². The first-order chi connectivity index (χ1) is 9.56. The second kappa shape index (κ2) is 8.04. The van der Waals surface area contributed by atoms with Crippen molar-refractivity contribution in [3.63, 3.8) is 0 Å². The van der Waals surface area contributed by atoms with Gasteiger partial charge in [-0.3, -0.25) is 0 Å². The van der Waals surface area contributed by atoms with Crippen molar-refractivity contribution in [2.24, 2.45) is 0 Å². The third kappa shape index (κ3) is 4.96. The van der Waals surface area contributed by atoms with E-state index in [2.05, 4.69) is 48.3 Å². The van der Waals surface area contributed by atoms with E-state index in [4.69, 9.17) is 4.74 Å². The predicted octanol–water partition coefficient (Wildman–Crippen LogP) is 3.44. The van der Waals surface area contributed by atoms with Crippen LogP contribution in [0.1, 0.15) is 52.8 Å². The molecule has 1 aromatic rings. The van der Waals surface area contributed by atoms with E-state index in [-0.39, 0.29) is 5.54 Å². The molecule has 114 valence electrons. The molecule has 0 unspecified atom stereocenters. The normalized spacial score (nSPS) is 11.4. The molecule has 5 heteroatoms. The maximum atomic E-state index is 5.14. The highest BCUT2D eigenvalue weighted by atomic mass is 16.5. The Morgan fingerprint density at radius 3 is 2.35 bits per heavy atom. The maximum Gasteiger partial charge on any atom is 0.158 e. The van der Waals surface area contributed by atoms with Crippen LogP contribution in [0.15, 0.2) is 6.07 Å². The second-order valence-corrected chi connectivity index (χ2v) is 5.31. The summed E-state index contributed by atoms with van der Waals surface area (Å²) in [6.07, 6.45) is 3.16. The monoisotopic (exact) mass is 280 g/mol. The van der Waals surface area contributed by atoms with E-state index in [0.717, 1.165) is 37.4 Å². The van der Waals surface area contributed by atoms with Gasteiger partial charge in [0.25, 0.3) is 0 Å². The molecule has 0 aliphatic rings. The van der Waals surface area contributed by atoms with Crippen LogP contribution in [0.5, 0.6) is 0 Å². The Morgan fingerprint density at radius 2 is 1.80 bits per heavy atom. The fourth-order valence-corrected chi connectivity index (χ4v) is 1.83.